The minimum atomic E-state index is 0. The van der Waals surface area contributed by atoms with Gasteiger partial charge >= 0.3 is 0 Å². The molecule has 47 heavy (non-hydrogen) atoms. The molecule has 9 rings (SSSR count). The number of nitrogens with zero attached hydrogens (tertiary/aromatic N) is 2. The van der Waals surface area contributed by atoms with Crippen molar-refractivity contribution in [2.45, 2.75) is 13.8 Å². The summed E-state index contributed by atoms with van der Waals surface area (Å²) in [5.41, 5.74) is 10.9. The van der Waals surface area contributed by atoms with E-state index in [-0.39, 0.29) is 20.1 Å². The van der Waals surface area contributed by atoms with Crippen molar-refractivity contribution in [3.05, 3.63) is 157 Å². The molecule has 3 aromatic heterocycles. The Morgan fingerprint density at radius 2 is 1.36 bits per heavy atom. The molecule has 4 nitrogen and oxygen atoms in total. The van der Waals surface area contributed by atoms with Crippen LogP contribution >= 0.6 is 0 Å². The molecule has 0 saturated carbocycles. The topological polar surface area (TPSA) is 52.1 Å². The molecule has 0 amide bonds. The van der Waals surface area contributed by atoms with E-state index in [1.807, 2.05) is 66.9 Å². The van der Waals surface area contributed by atoms with Gasteiger partial charge in [0.25, 0.3) is 0 Å². The molecule has 1 radical (unpaired) electrons. The summed E-state index contributed by atoms with van der Waals surface area (Å²) in [4.78, 5) is 4.53. The van der Waals surface area contributed by atoms with Crippen LogP contribution in [0.25, 0.3) is 77.3 Å². The second kappa shape index (κ2) is 12.8. The molecule has 0 aliphatic rings. The summed E-state index contributed by atoms with van der Waals surface area (Å²) in [5, 5.41) is 9.90. The zero-order valence-electron chi connectivity index (χ0n) is 25.7. The number of hydrogen-bond acceptors (Lipinski definition) is 4. The van der Waals surface area contributed by atoms with Gasteiger partial charge in [-0.3, -0.25) is 0 Å². The first kappa shape index (κ1) is 30.3. The van der Waals surface area contributed by atoms with Crippen LogP contribution in [0.5, 0.6) is 0 Å². The third-order valence-corrected chi connectivity index (χ3v) is 8.23. The summed E-state index contributed by atoms with van der Waals surface area (Å²) in [6.07, 6.45) is 1.86. The molecule has 0 aliphatic carbocycles. The number of hydrogen-bond donors (Lipinski definition) is 0. The Balaban J connectivity index is 0.000000161. The fourth-order valence-electron chi connectivity index (χ4n) is 6.18. The Hall–Kier alpha value is -5.35. The summed E-state index contributed by atoms with van der Waals surface area (Å²) < 4.78 is 11.7. The number of aryl methyl sites for hydroxylation is 2. The number of fused-ring (bicyclic) bond motifs is 5. The molecule has 229 valence electrons. The maximum Gasteiger partial charge on any atom is 0.157 e. The monoisotopic (exact) mass is 785 g/mol. The van der Waals surface area contributed by atoms with Crippen LogP contribution in [0, 0.1) is 26.0 Å². The van der Waals surface area contributed by atoms with Gasteiger partial charge < -0.3 is 13.9 Å². The molecule has 9 aromatic rings. The molecular formula is C42H28IrN2O2-2. The van der Waals surface area contributed by atoms with Gasteiger partial charge in [0.2, 0.25) is 0 Å². The zero-order valence-corrected chi connectivity index (χ0v) is 28.1. The molecule has 0 N–H and O–H groups in total. The Morgan fingerprint density at radius 1 is 0.617 bits per heavy atom. The molecule has 0 unspecified atom stereocenters. The van der Waals surface area contributed by atoms with E-state index in [2.05, 4.69) is 103 Å². The normalized spacial score (nSPS) is 11.0. The van der Waals surface area contributed by atoms with Crippen LogP contribution in [-0.2, 0) is 20.1 Å². The van der Waals surface area contributed by atoms with E-state index < -0.39 is 0 Å². The fraction of sp³-hybridized carbons (Fsp3) is 0.0476. The van der Waals surface area contributed by atoms with Gasteiger partial charge in [-0.05, 0) is 34.7 Å². The van der Waals surface area contributed by atoms with Gasteiger partial charge in [0, 0.05) is 53.7 Å². The molecule has 0 saturated heterocycles. The van der Waals surface area contributed by atoms with Crippen molar-refractivity contribution < 1.29 is 29.0 Å². The van der Waals surface area contributed by atoms with Crippen molar-refractivity contribution in [2.24, 2.45) is 0 Å². The van der Waals surface area contributed by atoms with Gasteiger partial charge in [-0.15, -0.1) is 69.9 Å². The first-order chi connectivity index (χ1) is 22.6. The Kier molecular flexibility index (Phi) is 8.26. The smallest absolute Gasteiger partial charge is 0.157 e. The largest absolute Gasteiger partial charge is 0.455 e. The average molecular weight is 785 g/mol. The van der Waals surface area contributed by atoms with Crippen molar-refractivity contribution in [3.8, 4) is 33.6 Å². The van der Waals surface area contributed by atoms with Crippen molar-refractivity contribution >= 4 is 43.7 Å². The summed E-state index contributed by atoms with van der Waals surface area (Å²) >= 11 is 0. The Bertz CT molecular complexity index is 2500. The van der Waals surface area contributed by atoms with Gasteiger partial charge in [0.15, 0.2) is 5.58 Å². The maximum atomic E-state index is 6.19. The second-order valence-corrected chi connectivity index (χ2v) is 11.4. The average Bonchev–Trinajstić information content (AvgIpc) is 3.70. The van der Waals surface area contributed by atoms with Gasteiger partial charge in [-0.2, -0.15) is 0 Å². The number of furan rings is 1. The van der Waals surface area contributed by atoms with E-state index in [1.54, 1.807) is 0 Å². The van der Waals surface area contributed by atoms with E-state index in [4.69, 9.17) is 8.94 Å². The van der Waals surface area contributed by atoms with Crippen LogP contribution < -0.4 is 0 Å². The van der Waals surface area contributed by atoms with Crippen LogP contribution in [0.2, 0.25) is 0 Å². The van der Waals surface area contributed by atoms with Crippen LogP contribution in [0.3, 0.4) is 0 Å². The summed E-state index contributed by atoms with van der Waals surface area (Å²) in [6, 6.07) is 49.7. The van der Waals surface area contributed by atoms with Crippen molar-refractivity contribution in [3.63, 3.8) is 0 Å². The van der Waals surface area contributed by atoms with Crippen LogP contribution in [0.15, 0.2) is 143 Å². The molecule has 0 fully saturated rings. The van der Waals surface area contributed by atoms with E-state index in [9.17, 15) is 0 Å². The van der Waals surface area contributed by atoms with Gasteiger partial charge in [-0.1, -0.05) is 98.3 Å². The molecule has 0 aliphatic heterocycles. The molecule has 0 spiro atoms. The number of para-hydroxylation sites is 3. The molecule has 0 atom stereocenters. The van der Waals surface area contributed by atoms with Gasteiger partial charge in [0.1, 0.15) is 11.2 Å². The third kappa shape index (κ3) is 5.76. The second-order valence-electron chi connectivity index (χ2n) is 11.4. The quantitative estimate of drug-likeness (QED) is 0.167. The van der Waals surface area contributed by atoms with E-state index in [0.717, 1.165) is 72.1 Å². The third-order valence-electron chi connectivity index (χ3n) is 8.23. The zero-order chi connectivity index (χ0) is 31.0. The van der Waals surface area contributed by atoms with Crippen molar-refractivity contribution in [1.29, 1.82) is 0 Å². The Morgan fingerprint density at radius 3 is 2.21 bits per heavy atom. The van der Waals surface area contributed by atoms with Gasteiger partial charge in [0.05, 0.1) is 0 Å². The summed E-state index contributed by atoms with van der Waals surface area (Å²) in [5.74, 6) is 0. The molecular weight excluding hydrogens is 757 g/mol. The molecule has 6 aromatic carbocycles. The predicted molar refractivity (Wildman–Crippen MR) is 186 cm³/mol. The van der Waals surface area contributed by atoms with Crippen LogP contribution in [0.1, 0.15) is 11.1 Å². The Labute approximate surface area is 286 Å². The first-order valence-electron chi connectivity index (χ1n) is 15.2. The first-order valence-corrected chi connectivity index (χ1v) is 15.2. The number of aromatic nitrogens is 2. The summed E-state index contributed by atoms with van der Waals surface area (Å²) in [6.45, 7) is 4.18. The van der Waals surface area contributed by atoms with Gasteiger partial charge in [-0.25, -0.2) is 0 Å². The number of rotatable bonds is 3. The minimum Gasteiger partial charge on any atom is -0.455 e. The maximum absolute atomic E-state index is 6.19. The van der Waals surface area contributed by atoms with Crippen molar-refractivity contribution in [2.75, 3.05) is 0 Å². The SMILES string of the molecule is Cc1[c-]c(-c2nccc3ccccc23)cc(C)c1.[Ir].[c-]1ccc(-c2cccc3c2oc2ccccc23)cc1-c1noc2ccccc12. The number of benzene rings is 6. The van der Waals surface area contributed by atoms with E-state index in [0.29, 0.717) is 0 Å². The van der Waals surface area contributed by atoms with Crippen LogP contribution in [0.4, 0.5) is 0 Å². The minimum absolute atomic E-state index is 0. The molecule has 5 heteroatoms. The fourth-order valence-corrected chi connectivity index (χ4v) is 6.18. The number of pyridine rings is 1. The van der Waals surface area contributed by atoms with Crippen molar-refractivity contribution in [1.82, 2.24) is 10.1 Å². The van der Waals surface area contributed by atoms with Crippen LogP contribution in [-0.4, -0.2) is 10.1 Å². The standard InChI is InChI=1S/C25H14NO2.C17H14N.Ir/c1-3-13-22-19(9-1)20-12-6-11-18(25(20)27-22)16-7-5-8-17(15-16)24-21-10-2-4-14-23(21)28-26-24;1-12-9-13(2)11-15(10-12)17-16-6-4-3-5-14(16)7-8-18-17;/h1-7,9-15H;3-10H,1-2H3;/q2*-1;. The van der Waals surface area contributed by atoms with E-state index in [1.165, 1.54) is 16.3 Å². The summed E-state index contributed by atoms with van der Waals surface area (Å²) in [7, 11) is 0. The van der Waals surface area contributed by atoms with E-state index >= 15 is 0 Å². The molecule has 3 heterocycles. The predicted octanol–water partition coefficient (Wildman–Crippen LogP) is 11.2. The molecule has 0 bridgehead atoms.